The summed E-state index contributed by atoms with van der Waals surface area (Å²) in [5.41, 5.74) is 5.07. The zero-order valence-corrected chi connectivity index (χ0v) is 17.5. The zero-order chi connectivity index (χ0) is 19.5. The number of thiazole rings is 1. The molecular weight excluding hydrogens is 368 g/mol. The van der Waals surface area contributed by atoms with Crippen LogP contribution >= 0.6 is 11.3 Å². The second-order valence-corrected chi connectivity index (χ2v) is 7.97. The van der Waals surface area contributed by atoms with Gasteiger partial charge < -0.3 is 9.47 Å². The van der Waals surface area contributed by atoms with Crippen molar-refractivity contribution in [2.24, 2.45) is 0 Å². The molecule has 146 valence electrons. The molecule has 0 N–H and O–H groups in total. The van der Waals surface area contributed by atoms with Gasteiger partial charge in [0.25, 0.3) is 0 Å². The van der Waals surface area contributed by atoms with Crippen LogP contribution in [0.15, 0.2) is 47.8 Å². The number of aryl methyl sites for hydroxylation is 1. The summed E-state index contributed by atoms with van der Waals surface area (Å²) in [4.78, 5) is 7.33. The minimum Gasteiger partial charge on any atom is -0.493 e. The molecule has 0 saturated heterocycles. The van der Waals surface area contributed by atoms with Gasteiger partial charge >= 0.3 is 0 Å². The van der Waals surface area contributed by atoms with Crippen LogP contribution in [-0.2, 0) is 19.4 Å². The maximum atomic E-state index is 5.60. The average Bonchev–Trinajstić information content (AvgIpc) is 3.20. The monoisotopic (exact) mass is 394 g/mol. The Morgan fingerprint density at radius 1 is 1.11 bits per heavy atom. The van der Waals surface area contributed by atoms with Crippen LogP contribution in [0.2, 0.25) is 0 Å². The van der Waals surface area contributed by atoms with Gasteiger partial charge in [0.15, 0.2) is 11.5 Å². The molecule has 0 bridgehead atoms. The van der Waals surface area contributed by atoms with E-state index >= 15 is 0 Å². The number of rotatable bonds is 6. The lowest BCUT2D eigenvalue weighted by Gasteiger charge is -2.37. The first-order chi connectivity index (χ1) is 13.7. The third-order valence-electron chi connectivity index (χ3n) is 5.36. The molecule has 0 spiro atoms. The highest BCUT2D eigenvalue weighted by Crippen LogP contribution is 2.41. The molecule has 3 aromatic rings. The van der Waals surface area contributed by atoms with Crippen molar-refractivity contribution in [3.8, 4) is 11.5 Å². The third-order valence-corrected chi connectivity index (χ3v) is 6.40. The molecule has 2 heterocycles. The van der Waals surface area contributed by atoms with E-state index in [0.29, 0.717) is 0 Å². The Kier molecular flexibility index (Phi) is 5.64. The van der Waals surface area contributed by atoms with Gasteiger partial charge in [0.2, 0.25) is 0 Å². The van der Waals surface area contributed by atoms with Gasteiger partial charge in [0.05, 0.1) is 31.0 Å². The minimum atomic E-state index is 0.177. The summed E-state index contributed by atoms with van der Waals surface area (Å²) in [5.74, 6) is 1.58. The molecule has 4 rings (SSSR count). The highest BCUT2D eigenvalue weighted by molar-refractivity contribution is 7.09. The van der Waals surface area contributed by atoms with E-state index in [1.54, 1.807) is 25.6 Å². The highest BCUT2D eigenvalue weighted by atomic mass is 32.1. The average molecular weight is 395 g/mol. The van der Waals surface area contributed by atoms with Crippen LogP contribution in [0.4, 0.5) is 0 Å². The van der Waals surface area contributed by atoms with Crippen LogP contribution in [0.1, 0.15) is 40.4 Å². The molecule has 1 aliphatic rings. The normalized spacial score (nSPS) is 16.6. The van der Waals surface area contributed by atoms with E-state index < -0.39 is 0 Å². The number of benzene rings is 2. The number of aromatic nitrogens is 1. The second kappa shape index (κ2) is 8.33. The van der Waals surface area contributed by atoms with E-state index in [0.717, 1.165) is 43.1 Å². The number of hydrogen-bond donors (Lipinski definition) is 0. The summed E-state index contributed by atoms with van der Waals surface area (Å²) in [5, 5.41) is 3.40. The largest absolute Gasteiger partial charge is 0.493 e. The first-order valence-electron chi connectivity index (χ1n) is 9.70. The zero-order valence-electron chi connectivity index (χ0n) is 16.6. The van der Waals surface area contributed by atoms with Crippen molar-refractivity contribution in [1.82, 2.24) is 9.88 Å². The van der Waals surface area contributed by atoms with E-state index in [4.69, 9.17) is 14.5 Å². The summed E-state index contributed by atoms with van der Waals surface area (Å²) < 4.78 is 11.1. The summed E-state index contributed by atoms with van der Waals surface area (Å²) in [6.45, 7) is 4.00. The number of nitrogens with zero attached hydrogens (tertiary/aromatic N) is 2. The van der Waals surface area contributed by atoms with Gasteiger partial charge in [0, 0.05) is 18.5 Å². The summed E-state index contributed by atoms with van der Waals surface area (Å²) >= 11 is 1.76. The lowest BCUT2D eigenvalue weighted by molar-refractivity contribution is 0.201. The fourth-order valence-electron chi connectivity index (χ4n) is 3.99. The van der Waals surface area contributed by atoms with Crippen LogP contribution < -0.4 is 9.47 Å². The fraction of sp³-hybridized carbons (Fsp3) is 0.348. The van der Waals surface area contributed by atoms with Crippen molar-refractivity contribution in [2.75, 3.05) is 20.8 Å². The maximum Gasteiger partial charge on any atom is 0.161 e. The second-order valence-electron chi connectivity index (χ2n) is 7.03. The quantitative estimate of drug-likeness (QED) is 0.597. The Labute approximate surface area is 170 Å². The van der Waals surface area contributed by atoms with E-state index in [9.17, 15) is 0 Å². The van der Waals surface area contributed by atoms with E-state index in [1.807, 2.05) is 0 Å². The molecule has 28 heavy (non-hydrogen) atoms. The molecule has 1 aromatic heterocycles. The number of methoxy groups -OCH3 is 2. The van der Waals surface area contributed by atoms with Crippen molar-refractivity contribution in [3.05, 3.63) is 75.2 Å². The predicted octanol–water partition coefficient (Wildman–Crippen LogP) is 4.87. The van der Waals surface area contributed by atoms with Gasteiger partial charge in [-0.2, -0.15) is 0 Å². The van der Waals surface area contributed by atoms with E-state index in [2.05, 4.69) is 59.7 Å². The first kappa shape index (κ1) is 19.0. The van der Waals surface area contributed by atoms with Crippen molar-refractivity contribution in [2.45, 2.75) is 32.4 Å². The molecule has 0 radical (unpaired) electrons. The van der Waals surface area contributed by atoms with Crippen molar-refractivity contribution < 1.29 is 9.47 Å². The van der Waals surface area contributed by atoms with Crippen LogP contribution in [0, 0.1) is 0 Å². The van der Waals surface area contributed by atoms with Gasteiger partial charge in [-0.15, -0.1) is 11.3 Å². The smallest absolute Gasteiger partial charge is 0.161 e. The Morgan fingerprint density at radius 3 is 2.54 bits per heavy atom. The Hall–Kier alpha value is -2.37. The van der Waals surface area contributed by atoms with Crippen molar-refractivity contribution in [3.63, 3.8) is 0 Å². The predicted molar refractivity (Wildman–Crippen MR) is 113 cm³/mol. The van der Waals surface area contributed by atoms with Crippen LogP contribution in [0.3, 0.4) is 0 Å². The fourth-order valence-corrected chi connectivity index (χ4v) is 4.72. The number of ether oxygens (including phenoxy) is 2. The van der Waals surface area contributed by atoms with Crippen molar-refractivity contribution >= 4 is 11.3 Å². The summed E-state index contributed by atoms with van der Waals surface area (Å²) in [6.07, 6.45) is 1.98. The lowest BCUT2D eigenvalue weighted by atomic mass is 9.87. The molecular formula is C23H26N2O2S. The standard InChI is InChI=1S/C23H26N2O2S/c1-4-22-24-18(15-28-22)14-25-11-10-17-12-20(26-2)21(27-3)13-19(17)23(25)16-8-6-5-7-9-16/h5-9,12-13,15,23H,4,10-11,14H2,1-3H3. The molecule has 1 aliphatic heterocycles. The Balaban J connectivity index is 1.76. The SMILES string of the molecule is CCc1nc(CN2CCc3cc(OC)c(OC)cc3C2c2ccccc2)cs1. The minimum absolute atomic E-state index is 0.177. The number of fused-ring (bicyclic) bond motifs is 1. The van der Waals surface area contributed by atoms with E-state index in [-0.39, 0.29) is 6.04 Å². The molecule has 0 aliphatic carbocycles. The molecule has 0 amide bonds. The topological polar surface area (TPSA) is 34.6 Å². The first-order valence-corrected chi connectivity index (χ1v) is 10.6. The molecule has 0 saturated carbocycles. The molecule has 1 unspecified atom stereocenters. The molecule has 2 aromatic carbocycles. The molecule has 1 atom stereocenters. The number of hydrogen-bond acceptors (Lipinski definition) is 5. The van der Waals surface area contributed by atoms with Gasteiger partial charge in [-0.1, -0.05) is 37.3 Å². The lowest BCUT2D eigenvalue weighted by Crippen LogP contribution is -2.35. The third kappa shape index (κ3) is 3.64. The summed E-state index contributed by atoms with van der Waals surface area (Å²) in [6, 6.07) is 15.2. The van der Waals surface area contributed by atoms with Gasteiger partial charge in [0.1, 0.15) is 0 Å². The van der Waals surface area contributed by atoms with Gasteiger partial charge in [-0.05, 0) is 41.7 Å². The van der Waals surface area contributed by atoms with Crippen LogP contribution in [-0.4, -0.2) is 30.6 Å². The molecule has 0 fully saturated rings. The van der Waals surface area contributed by atoms with Gasteiger partial charge in [-0.3, -0.25) is 4.90 Å². The van der Waals surface area contributed by atoms with Gasteiger partial charge in [-0.25, -0.2) is 4.98 Å². The molecule has 5 heteroatoms. The van der Waals surface area contributed by atoms with Crippen LogP contribution in [0.5, 0.6) is 11.5 Å². The van der Waals surface area contributed by atoms with Crippen molar-refractivity contribution in [1.29, 1.82) is 0 Å². The Morgan fingerprint density at radius 2 is 1.86 bits per heavy atom. The maximum absolute atomic E-state index is 5.60. The Bertz CT molecular complexity index is 939. The van der Waals surface area contributed by atoms with Crippen LogP contribution in [0.25, 0.3) is 0 Å². The summed E-state index contributed by atoms with van der Waals surface area (Å²) in [7, 11) is 3.39. The molecule has 4 nitrogen and oxygen atoms in total. The van der Waals surface area contributed by atoms with E-state index in [1.165, 1.54) is 21.7 Å². The highest BCUT2D eigenvalue weighted by Gasteiger charge is 2.30.